The van der Waals surface area contributed by atoms with Gasteiger partial charge in [-0.25, -0.2) is 4.79 Å². The number of anilines is 1. The van der Waals surface area contributed by atoms with Gasteiger partial charge in [-0.1, -0.05) is 5.16 Å². The van der Waals surface area contributed by atoms with Crippen molar-refractivity contribution in [3.05, 3.63) is 23.2 Å². The minimum absolute atomic E-state index is 0.141. The van der Waals surface area contributed by atoms with Gasteiger partial charge in [0.1, 0.15) is 35.7 Å². The summed E-state index contributed by atoms with van der Waals surface area (Å²) < 4.78 is 9.59. The lowest BCUT2D eigenvalue weighted by Crippen LogP contribution is -2.71. The van der Waals surface area contributed by atoms with Crippen LogP contribution in [0.1, 0.15) is 12.6 Å². The molecule has 29 heavy (non-hydrogen) atoms. The van der Waals surface area contributed by atoms with Crippen molar-refractivity contribution >= 4 is 47.2 Å². The zero-order valence-electron chi connectivity index (χ0n) is 14.8. The molecule has 0 aliphatic carbocycles. The Morgan fingerprint density at radius 2 is 2.24 bits per heavy atom. The molecule has 0 spiro atoms. The number of nitrogens with zero attached hydrogens (tertiary/aromatic N) is 3. The summed E-state index contributed by atoms with van der Waals surface area (Å²) in [6.07, 6.45) is 1.00. The summed E-state index contributed by atoms with van der Waals surface area (Å²) >= 11 is 1.19. The average molecular weight is 425 g/mol. The van der Waals surface area contributed by atoms with E-state index in [4.69, 9.17) is 20.1 Å². The summed E-state index contributed by atoms with van der Waals surface area (Å²) in [5.41, 5.74) is 4.63. The number of carboxylic acid groups (broad SMARTS) is 1. The quantitative estimate of drug-likeness (QED) is 0.139. The molecule has 1 saturated heterocycles. The molecular formula is C15H15N5O8S. The number of hydrogen-bond acceptors (Lipinski definition) is 11. The van der Waals surface area contributed by atoms with Crippen molar-refractivity contribution in [3.8, 4) is 0 Å². The van der Waals surface area contributed by atoms with E-state index in [1.165, 1.54) is 18.7 Å². The van der Waals surface area contributed by atoms with Gasteiger partial charge < -0.3 is 30.5 Å². The number of carboxylic acids is 1. The standard InChI is InChI=1S/C15H15N5O8S/c1-5(21)27-2-6-4-29-13-9(12(23)20(13)10(6)14(24)25)18-11(22)8(19-26)7-3-28-15(16)17-7/h3,9,13,26H,2,4H2,1H3,(H2,16,17)(H,18,22)(H,24,25)/t9?,13-/m1/s1. The number of fused-ring (bicyclic) bond motifs is 1. The van der Waals surface area contributed by atoms with Crippen LogP contribution >= 0.6 is 11.8 Å². The Hall–Kier alpha value is -3.55. The highest BCUT2D eigenvalue weighted by Crippen LogP contribution is 2.40. The summed E-state index contributed by atoms with van der Waals surface area (Å²) in [6, 6.07) is -1.31. The molecule has 0 radical (unpaired) electrons. The summed E-state index contributed by atoms with van der Waals surface area (Å²) in [5.74, 6) is -3.36. The Morgan fingerprint density at radius 1 is 1.52 bits per heavy atom. The minimum atomic E-state index is -1.36. The van der Waals surface area contributed by atoms with E-state index in [0.717, 1.165) is 11.2 Å². The lowest BCUT2D eigenvalue weighted by atomic mass is 10.0. The van der Waals surface area contributed by atoms with E-state index in [0.29, 0.717) is 0 Å². The number of rotatable bonds is 6. The number of ether oxygens (including phenoxy) is 1. The lowest BCUT2D eigenvalue weighted by molar-refractivity contribution is -0.150. The molecule has 0 bridgehead atoms. The average Bonchev–Trinajstić information content (AvgIpc) is 3.09. The molecule has 1 aromatic rings. The van der Waals surface area contributed by atoms with E-state index >= 15 is 0 Å². The maximum atomic E-state index is 12.5. The van der Waals surface area contributed by atoms with Gasteiger partial charge in [0, 0.05) is 18.2 Å². The van der Waals surface area contributed by atoms with Gasteiger partial charge in [-0.3, -0.25) is 19.3 Å². The van der Waals surface area contributed by atoms with E-state index in [1.807, 2.05) is 0 Å². The lowest BCUT2D eigenvalue weighted by Gasteiger charge is -2.49. The third kappa shape index (κ3) is 3.73. The zero-order chi connectivity index (χ0) is 21.3. The number of amides is 2. The molecule has 5 N–H and O–H groups in total. The molecule has 2 aliphatic heterocycles. The number of β-lactam (4-membered cyclic amide) rings is 1. The Labute approximate surface area is 166 Å². The van der Waals surface area contributed by atoms with Crippen LogP contribution in [0.3, 0.4) is 0 Å². The molecule has 154 valence electrons. The summed E-state index contributed by atoms with van der Waals surface area (Å²) in [7, 11) is 0. The van der Waals surface area contributed by atoms with Crippen molar-refractivity contribution in [2.24, 2.45) is 5.16 Å². The zero-order valence-corrected chi connectivity index (χ0v) is 15.6. The molecule has 2 amide bonds. The Morgan fingerprint density at radius 3 is 2.79 bits per heavy atom. The first kappa shape index (κ1) is 20.2. The number of nitrogens with two attached hydrogens (primary N) is 1. The molecular weight excluding hydrogens is 410 g/mol. The predicted molar refractivity (Wildman–Crippen MR) is 95.6 cm³/mol. The Kier molecular flexibility index (Phi) is 5.45. The molecule has 0 saturated carbocycles. The molecule has 14 heteroatoms. The van der Waals surface area contributed by atoms with Crippen molar-refractivity contribution in [2.75, 3.05) is 18.1 Å². The number of carbonyl (C=O) groups excluding carboxylic acids is 3. The molecule has 13 nitrogen and oxygen atoms in total. The minimum Gasteiger partial charge on any atom is -0.477 e. The first-order chi connectivity index (χ1) is 13.7. The molecule has 2 aliphatic rings. The number of esters is 1. The maximum Gasteiger partial charge on any atom is 0.352 e. The second-order valence-corrected chi connectivity index (χ2v) is 7.02. The smallest absolute Gasteiger partial charge is 0.352 e. The Balaban J connectivity index is 1.76. The largest absolute Gasteiger partial charge is 0.477 e. The van der Waals surface area contributed by atoms with Gasteiger partial charge in [0.2, 0.25) is 0 Å². The van der Waals surface area contributed by atoms with Crippen LogP contribution in [-0.2, 0) is 23.9 Å². The van der Waals surface area contributed by atoms with Crippen molar-refractivity contribution < 1.29 is 38.6 Å². The topological polar surface area (TPSA) is 198 Å². The second kappa shape index (κ2) is 7.83. The van der Waals surface area contributed by atoms with Crippen molar-refractivity contribution in [2.45, 2.75) is 18.3 Å². The van der Waals surface area contributed by atoms with Gasteiger partial charge in [0.05, 0.1) is 0 Å². The number of aliphatic carboxylic acids is 1. The molecule has 3 rings (SSSR count). The highest BCUT2D eigenvalue weighted by Gasteiger charge is 2.54. The number of oxazole rings is 1. The van der Waals surface area contributed by atoms with Crippen molar-refractivity contribution in [1.82, 2.24) is 15.2 Å². The molecule has 2 atom stereocenters. The van der Waals surface area contributed by atoms with E-state index in [9.17, 15) is 24.3 Å². The van der Waals surface area contributed by atoms with Crippen LogP contribution in [0.4, 0.5) is 6.01 Å². The van der Waals surface area contributed by atoms with Gasteiger partial charge in [-0.15, -0.1) is 11.8 Å². The van der Waals surface area contributed by atoms with Gasteiger partial charge >= 0.3 is 11.9 Å². The van der Waals surface area contributed by atoms with Crippen LogP contribution in [0.5, 0.6) is 0 Å². The number of oxime groups is 1. The fourth-order valence-corrected chi connectivity index (χ4v) is 4.13. The molecule has 3 heterocycles. The van der Waals surface area contributed by atoms with Gasteiger partial charge in [-0.2, -0.15) is 4.98 Å². The number of nitrogen functional groups attached to an aromatic ring is 1. The van der Waals surface area contributed by atoms with Crippen molar-refractivity contribution in [3.63, 3.8) is 0 Å². The fraction of sp³-hybridized carbons (Fsp3) is 0.333. The number of aromatic nitrogens is 1. The summed E-state index contributed by atoms with van der Waals surface area (Å²) in [4.78, 5) is 52.2. The molecule has 1 unspecified atom stereocenters. The molecule has 1 aromatic heterocycles. The number of carbonyl (C=O) groups is 4. The van der Waals surface area contributed by atoms with Crippen LogP contribution in [0.15, 0.2) is 27.1 Å². The third-order valence-corrected chi connectivity index (χ3v) is 5.41. The van der Waals surface area contributed by atoms with E-state index < -0.39 is 40.9 Å². The maximum absolute atomic E-state index is 12.5. The van der Waals surface area contributed by atoms with E-state index in [2.05, 4.69) is 15.5 Å². The van der Waals surface area contributed by atoms with Crippen LogP contribution in [0, 0.1) is 0 Å². The number of nitrogens with one attached hydrogen (secondary N) is 1. The highest BCUT2D eigenvalue weighted by molar-refractivity contribution is 8.00. The Bertz CT molecular complexity index is 954. The predicted octanol–water partition coefficient (Wildman–Crippen LogP) is -1.26. The highest BCUT2D eigenvalue weighted by atomic mass is 32.2. The van der Waals surface area contributed by atoms with Crippen LogP contribution in [-0.4, -0.2) is 73.4 Å². The first-order valence-electron chi connectivity index (χ1n) is 8.02. The van der Waals surface area contributed by atoms with Gasteiger partial charge in [0.15, 0.2) is 5.71 Å². The van der Waals surface area contributed by atoms with Gasteiger partial charge in [-0.05, 0) is 0 Å². The SMILES string of the molecule is CC(=O)OCC1=C(C(=O)O)N2C(=O)C(NC(=O)C(=NO)c3coc(N)n3)[C@H]2SC1. The first-order valence-corrected chi connectivity index (χ1v) is 9.07. The second-order valence-electron chi connectivity index (χ2n) is 5.92. The van der Waals surface area contributed by atoms with Crippen molar-refractivity contribution in [1.29, 1.82) is 0 Å². The normalized spacial score (nSPS) is 21.3. The van der Waals surface area contributed by atoms with E-state index in [-0.39, 0.29) is 35.3 Å². The molecule has 1 fully saturated rings. The summed E-state index contributed by atoms with van der Waals surface area (Å²) in [5, 5.41) is 23.1. The van der Waals surface area contributed by atoms with Crippen LogP contribution < -0.4 is 11.1 Å². The molecule has 0 aromatic carbocycles. The van der Waals surface area contributed by atoms with E-state index in [1.54, 1.807) is 0 Å². The monoisotopic (exact) mass is 425 g/mol. The summed E-state index contributed by atoms with van der Waals surface area (Å²) in [6.45, 7) is 0.926. The number of thioether (sulfide) groups is 1. The number of hydrogen-bond donors (Lipinski definition) is 4. The van der Waals surface area contributed by atoms with Crippen LogP contribution in [0.2, 0.25) is 0 Å². The van der Waals surface area contributed by atoms with Crippen LogP contribution in [0.25, 0.3) is 0 Å². The third-order valence-electron chi connectivity index (χ3n) is 4.07. The fourth-order valence-electron chi connectivity index (χ4n) is 2.80. The van der Waals surface area contributed by atoms with Gasteiger partial charge in [0.25, 0.3) is 17.8 Å².